The first-order chi connectivity index (χ1) is 8.54. The molecule has 0 aromatic heterocycles. The van der Waals surface area contributed by atoms with E-state index in [1.807, 2.05) is 13.0 Å². The van der Waals surface area contributed by atoms with Gasteiger partial charge in [-0.3, -0.25) is 0 Å². The van der Waals surface area contributed by atoms with Crippen molar-refractivity contribution in [2.24, 2.45) is 10.7 Å². The van der Waals surface area contributed by atoms with E-state index in [1.165, 1.54) is 0 Å². The fourth-order valence-electron chi connectivity index (χ4n) is 1.40. The zero-order valence-electron chi connectivity index (χ0n) is 10.3. The van der Waals surface area contributed by atoms with E-state index >= 15 is 0 Å². The minimum atomic E-state index is -0.0481. The van der Waals surface area contributed by atoms with Crippen molar-refractivity contribution in [3.63, 3.8) is 0 Å². The fourth-order valence-corrected chi connectivity index (χ4v) is 1.97. The lowest BCUT2D eigenvalue weighted by atomic mass is 10.1. The summed E-state index contributed by atoms with van der Waals surface area (Å²) in [5.74, 6) is 5.90. The van der Waals surface area contributed by atoms with Gasteiger partial charge in [-0.25, -0.2) is 4.99 Å². The van der Waals surface area contributed by atoms with Crippen molar-refractivity contribution in [2.75, 3.05) is 6.54 Å². The maximum absolute atomic E-state index is 6.11. The van der Waals surface area contributed by atoms with E-state index in [0.717, 1.165) is 5.56 Å². The predicted octanol–water partition coefficient (Wildman–Crippen LogP) is 2.98. The van der Waals surface area contributed by atoms with Crippen molar-refractivity contribution in [1.29, 1.82) is 0 Å². The number of hydrogen-bond donors (Lipinski definition) is 2. The Morgan fingerprint density at radius 1 is 1.50 bits per heavy atom. The number of guanidine groups is 1. The maximum atomic E-state index is 6.11. The Hall–Kier alpha value is -1.37. The van der Waals surface area contributed by atoms with Gasteiger partial charge in [0.2, 0.25) is 0 Å². The second kappa shape index (κ2) is 7.15. The molecule has 3 N–H and O–H groups in total. The van der Waals surface area contributed by atoms with E-state index in [-0.39, 0.29) is 6.04 Å². The molecule has 0 aliphatic carbocycles. The lowest BCUT2D eigenvalue weighted by molar-refractivity contribution is 0.710. The van der Waals surface area contributed by atoms with Gasteiger partial charge in [-0.15, -0.1) is 5.92 Å². The Balaban J connectivity index is 2.72. The minimum Gasteiger partial charge on any atom is -0.370 e. The molecule has 96 valence electrons. The van der Waals surface area contributed by atoms with Crippen molar-refractivity contribution in [2.45, 2.75) is 19.9 Å². The largest absolute Gasteiger partial charge is 0.370 e. The second-order valence-electron chi connectivity index (χ2n) is 3.66. The first-order valence-electron chi connectivity index (χ1n) is 5.45. The van der Waals surface area contributed by atoms with Crippen molar-refractivity contribution in [3.8, 4) is 11.8 Å². The van der Waals surface area contributed by atoms with E-state index < -0.39 is 0 Å². The molecule has 5 heteroatoms. The second-order valence-corrected chi connectivity index (χ2v) is 4.50. The van der Waals surface area contributed by atoms with Gasteiger partial charge in [-0.05, 0) is 31.5 Å². The van der Waals surface area contributed by atoms with E-state index in [4.69, 9.17) is 28.9 Å². The van der Waals surface area contributed by atoms with Crippen LogP contribution in [0.15, 0.2) is 23.2 Å². The van der Waals surface area contributed by atoms with Crippen molar-refractivity contribution in [1.82, 2.24) is 5.32 Å². The zero-order valence-corrected chi connectivity index (χ0v) is 11.8. The Bertz CT molecular complexity index is 501. The monoisotopic (exact) mass is 283 g/mol. The van der Waals surface area contributed by atoms with Crippen LogP contribution in [0.5, 0.6) is 0 Å². The van der Waals surface area contributed by atoms with E-state index in [0.29, 0.717) is 22.5 Å². The van der Waals surface area contributed by atoms with Gasteiger partial charge in [0, 0.05) is 10.0 Å². The van der Waals surface area contributed by atoms with Crippen molar-refractivity contribution in [3.05, 3.63) is 33.8 Å². The molecule has 0 saturated carbocycles. The highest BCUT2D eigenvalue weighted by molar-refractivity contribution is 6.35. The number of benzene rings is 1. The highest BCUT2D eigenvalue weighted by atomic mass is 35.5. The lowest BCUT2D eigenvalue weighted by Crippen LogP contribution is -2.34. The molecule has 0 aliphatic heterocycles. The molecular weight excluding hydrogens is 269 g/mol. The molecule has 0 radical (unpaired) electrons. The molecule has 1 unspecified atom stereocenters. The third-order valence-electron chi connectivity index (χ3n) is 2.30. The van der Waals surface area contributed by atoms with Gasteiger partial charge in [0.1, 0.15) is 6.54 Å². The Morgan fingerprint density at radius 3 is 2.83 bits per heavy atom. The molecule has 1 rings (SSSR count). The van der Waals surface area contributed by atoms with Crippen LogP contribution in [0.2, 0.25) is 10.0 Å². The molecule has 0 heterocycles. The summed E-state index contributed by atoms with van der Waals surface area (Å²) >= 11 is 12.0. The van der Waals surface area contributed by atoms with Gasteiger partial charge >= 0.3 is 0 Å². The van der Waals surface area contributed by atoms with Gasteiger partial charge in [0.15, 0.2) is 5.96 Å². The van der Waals surface area contributed by atoms with Crippen LogP contribution in [-0.4, -0.2) is 12.5 Å². The topological polar surface area (TPSA) is 50.4 Å². The van der Waals surface area contributed by atoms with Crippen LogP contribution >= 0.6 is 23.2 Å². The summed E-state index contributed by atoms with van der Waals surface area (Å²) in [6, 6.07) is 5.30. The van der Waals surface area contributed by atoms with Crippen molar-refractivity contribution >= 4 is 29.2 Å². The molecule has 0 saturated heterocycles. The molecule has 0 bridgehead atoms. The normalized spacial score (nSPS) is 12.6. The molecule has 1 aromatic rings. The van der Waals surface area contributed by atoms with Crippen LogP contribution in [0, 0.1) is 11.8 Å². The third kappa shape index (κ3) is 4.48. The molecular formula is C13H15Cl2N3. The summed E-state index contributed by atoms with van der Waals surface area (Å²) < 4.78 is 0. The number of hydrogen-bond acceptors (Lipinski definition) is 1. The number of rotatable bonds is 3. The van der Waals surface area contributed by atoms with Gasteiger partial charge in [0.05, 0.1) is 6.04 Å². The van der Waals surface area contributed by atoms with Crippen LogP contribution < -0.4 is 11.1 Å². The Labute approximate surface area is 117 Å². The Morgan fingerprint density at radius 2 is 2.22 bits per heavy atom. The maximum Gasteiger partial charge on any atom is 0.190 e. The van der Waals surface area contributed by atoms with E-state index in [2.05, 4.69) is 22.2 Å². The summed E-state index contributed by atoms with van der Waals surface area (Å²) in [5, 5.41) is 4.26. The highest BCUT2D eigenvalue weighted by Gasteiger charge is 2.10. The van der Waals surface area contributed by atoms with Gasteiger partial charge in [0.25, 0.3) is 0 Å². The highest BCUT2D eigenvalue weighted by Crippen LogP contribution is 2.25. The average molecular weight is 284 g/mol. The summed E-state index contributed by atoms with van der Waals surface area (Å²) in [5.41, 5.74) is 6.65. The number of aliphatic imine (C=N–C) groups is 1. The molecule has 1 atom stereocenters. The average Bonchev–Trinajstić information content (AvgIpc) is 2.28. The standard InChI is InChI=1S/C13H15Cl2N3/c1-3-4-7-17-13(16)18-9(2)11-6-5-10(14)8-12(11)15/h5-6,8-9H,7H2,1-2H3,(H3,16,17,18). The van der Waals surface area contributed by atoms with Crippen LogP contribution in [0.4, 0.5) is 0 Å². The van der Waals surface area contributed by atoms with Gasteiger partial charge < -0.3 is 11.1 Å². The summed E-state index contributed by atoms with van der Waals surface area (Å²) in [6.45, 7) is 4.09. The van der Waals surface area contributed by atoms with Crippen LogP contribution in [-0.2, 0) is 0 Å². The zero-order chi connectivity index (χ0) is 13.5. The SMILES string of the molecule is CC#CCN=C(N)NC(C)c1ccc(Cl)cc1Cl. The number of halogens is 2. The summed E-state index contributed by atoms with van der Waals surface area (Å²) in [7, 11) is 0. The van der Waals surface area contributed by atoms with Gasteiger partial charge in [-0.1, -0.05) is 35.2 Å². The lowest BCUT2D eigenvalue weighted by Gasteiger charge is -2.16. The predicted molar refractivity (Wildman–Crippen MR) is 78.0 cm³/mol. The first-order valence-corrected chi connectivity index (χ1v) is 6.21. The van der Waals surface area contributed by atoms with E-state index in [9.17, 15) is 0 Å². The summed E-state index contributed by atoms with van der Waals surface area (Å²) in [4.78, 5) is 4.07. The molecule has 18 heavy (non-hydrogen) atoms. The van der Waals surface area contributed by atoms with Crippen LogP contribution in [0.3, 0.4) is 0 Å². The number of nitrogens with two attached hydrogens (primary N) is 1. The first kappa shape index (κ1) is 14.7. The number of nitrogens with zero attached hydrogens (tertiary/aromatic N) is 1. The molecule has 1 aromatic carbocycles. The third-order valence-corrected chi connectivity index (χ3v) is 2.86. The van der Waals surface area contributed by atoms with Crippen LogP contribution in [0.25, 0.3) is 0 Å². The molecule has 0 spiro atoms. The van der Waals surface area contributed by atoms with Gasteiger partial charge in [-0.2, -0.15) is 0 Å². The van der Waals surface area contributed by atoms with E-state index in [1.54, 1.807) is 19.1 Å². The molecule has 0 aliphatic rings. The molecule has 3 nitrogen and oxygen atoms in total. The quantitative estimate of drug-likeness (QED) is 0.509. The van der Waals surface area contributed by atoms with Crippen LogP contribution in [0.1, 0.15) is 25.5 Å². The Kier molecular flexibility index (Phi) is 5.84. The number of nitrogens with one attached hydrogen (secondary N) is 1. The van der Waals surface area contributed by atoms with Crippen molar-refractivity contribution < 1.29 is 0 Å². The fraction of sp³-hybridized carbons (Fsp3) is 0.308. The summed E-state index contributed by atoms with van der Waals surface area (Å²) in [6.07, 6.45) is 0. The minimum absolute atomic E-state index is 0.0481. The smallest absolute Gasteiger partial charge is 0.190 e. The molecule has 0 fully saturated rings. The molecule has 0 amide bonds.